The number of pyridine rings is 1. The Morgan fingerprint density at radius 2 is 1.71 bits per heavy atom. The van der Waals surface area contributed by atoms with E-state index in [0.717, 1.165) is 19.5 Å². The van der Waals surface area contributed by atoms with E-state index in [1.807, 2.05) is 13.0 Å². The molecule has 2 aromatic rings. The van der Waals surface area contributed by atoms with Crippen molar-refractivity contribution in [3.8, 4) is 0 Å². The molecule has 1 aromatic carbocycles. The van der Waals surface area contributed by atoms with E-state index in [0.29, 0.717) is 21.7 Å². The van der Waals surface area contributed by atoms with Gasteiger partial charge in [0.25, 0.3) is 0 Å². The first-order valence-electron chi connectivity index (χ1n) is 7.00. The van der Waals surface area contributed by atoms with Crippen molar-refractivity contribution in [3.05, 3.63) is 51.5 Å². The summed E-state index contributed by atoms with van der Waals surface area (Å²) in [6, 6.07) is 10.1. The highest BCUT2D eigenvalue weighted by Gasteiger charge is 2.08. The second-order valence-electron chi connectivity index (χ2n) is 4.78. The number of nitrogens with one attached hydrogen (secondary N) is 2. The minimum absolute atomic E-state index is 0.534. The van der Waals surface area contributed by atoms with E-state index in [4.69, 9.17) is 23.2 Å². The van der Waals surface area contributed by atoms with Crippen molar-refractivity contribution in [2.45, 2.75) is 20.3 Å². The SMILES string of the molecule is CCNc1nc(NCCc2ccccc2C)c(Cl)cc1Cl. The maximum atomic E-state index is 6.18. The van der Waals surface area contributed by atoms with Gasteiger partial charge in [-0.25, -0.2) is 4.98 Å². The molecule has 0 aliphatic carbocycles. The summed E-state index contributed by atoms with van der Waals surface area (Å²) in [7, 11) is 0. The quantitative estimate of drug-likeness (QED) is 0.803. The van der Waals surface area contributed by atoms with Crippen LogP contribution in [0, 0.1) is 6.92 Å². The number of benzene rings is 1. The van der Waals surface area contributed by atoms with Crippen LogP contribution in [0.3, 0.4) is 0 Å². The van der Waals surface area contributed by atoms with E-state index >= 15 is 0 Å². The number of nitrogens with zero attached hydrogens (tertiary/aromatic N) is 1. The van der Waals surface area contributed by atoms with Gasteiger partial charge in [0.15, 0.2) is 0 Å². The van der Waals surface area contributed by atoms with Crippen LogP contribution in [0.25, 0.3) is 0 Å². The Bertz CT molecular complexity index is 614. The van der Waals surface area contributed by atoms with Crippen LogP contribution >= 0.6 is 23.2 Å². The van der Waals surface area contributed by atoms with Crippen molar-refractivity contribution in [3.63, 3.8) is 0 Å². The number of aromatic nitrogens is 1. The molecule has 0 radical (unpaired) electrons. The average molecular weight is 324 g/mol. The van der Waals surface area contributed by atoms with Gasteiger partial charge < -0.3 is 10.6 Å². The van der Waals surface area contributed by atoms with Crippen LogP contribution < -0.4 is 10.6 Å². The highest BCUT2D eigenvalue weighted by Crippen LogP contribution is 2.29. The van der Waals surface area contributed by atoms with Crippen LogP contribution in [-0.4, -0.2) is 18.1 Å². The van der Waals surface area contributed by atoms with Crippen LogP contribution in [0.15, 0.2) is 30.3 Å². The molecule has 21 heavy (non-hydrogen) atoms. The minimum atomic E-state index is 0.534. The molecule has 0 saturated carbocycles. The molecule has 0 fully saturated rings. The second kappa shape index (κ2) is 7.53. The van der Waals surface area contributed by atoms with Crippen LogP contribution in [0.1, 0.15) is 18.1 Å². The van der Waals surface area contributed by atoms with Gasteiger partial charge in [0.05, 0.1) is 10.0 Å². The largest absolute Gasteiger partial charge is 0.369 e. The highest BCUT2D eigenvalue weighted by molar-refractivity contribution is 6.37. The Morgan fingerprint density at radius 1 is 1.05 bits per heavy atom. The fourth-order valence-electron chi connectivity index (χ4n) is 2.09. The minimum Gasteiger partial charge on any atom is -0.369 e. The molecule has 3 nitrogen and oxygen atoms in total. The lowest BCUT2D eigenvalue weighted by Crippen LogP contribution is -2.09. The van der Waals surface area contributed by atoms with Gasteiger partial charge in [-0.1, -0.05) is 47.5 Å². The number of hydrogen-bond donors (Lipinski definition) is 2. The summed E-state index contributed by atoms with van der Waals surface area (Å²) in [5.41, 5.74) is 2.62. The van der Waals surface area contributed by atoms with Crippen LogP contribution in [0.2, 0.25) is 10.0 Å². The van der Waals surface area contributed by atoms with E-state index < -0.39 is 0 Å². The third-order valence-corrected chi connectivity index (χ3v) is 3.80. The lowest BCUT2D eigenvalue weighted by Gasteiger charge is -2.12. The second-order valence-corrected chi connectivity index (χ2v) is 5.60. The maximum absolute atomic E-state index is 6.18. The van der Waals surface area contributed by atoms with Crippen molar-refractivity contribution in [1.82, 2.24) is 4.98 Å². The fraction of sp³-hybridized carbons (Fsp3) is 0.312. The molecule has 0 aliphatic heterocycles. The molecule has 0 atom stereocenters. The summed E-state index contributed by atoms with van der Waals surface area (Å²) >= 11 is 12.3. The Kier molecular flexibility index (Phi) is 5.71. The third kappa shape index (κ3) is 4.26. The molecule has 0 aliphatic rings. The van der Waals surface area contributed by atoms with Gasteiger partial charge in [0.1, 0.15) is 11.6 Å². The molecule has 2 N–H and O–H groups in total. The van der Waals surface area contributed by atoms with Crippen LogP contribution in [0.5, 0.6) is 0 Å². The number of aryl methyl sites for hydroxylation is 1. The molecule has 2 rings (SSSR count). The number of hydrogen-bond acceptors (Lipinski definition) is 3. The number of rotatable bonds is 6. The van der Waals surface area contributed by atoms with Gasteiger partial charge in [-0.15, -0.1) is 0 Å². The van der Waals surface area contributed by atoms with E-state index in [1.54, 1.807) is 6.07 Å². The van der Waals surface area contributed by atoms with Gasteiger partial charge >= 0.3 is 0 Å². The molecule has 0 amide bonds. The summed E-state index contributed by atoms with van der Waals surface area (Å²) in [6.45, 7) is 5.64. The summed E-state index contributed by atoms with van der Waals surface area (Å²) in [4.78, 5) is 4.43. The average Bonchev–Trinajstić information content (AvgIpc) is 2.46. The molecule has 112 valence electrons. The predicted octanol–water partition coefficient (Wildman–Crippen LogP) is 4.78. The first-order chi connectivity index (χ1) is 10.1. The normalized spacial score (nSPS) is 10.5. The van der Waals surface area contributed by atoms with Gasteiger partial charge in [-0.2, -0.15) is 0 Å². The summed E-state index contributed by atoms with van der Waals surface area (Å²) in [5.74, 6) is 1.31. The topological polar surface area (TPSA) is 37.0 Å². The molecule has 0 saturated heterocycles. The molecular weight excluding hydrogens is 305 g/mol. The number of halogens is 2. The van der Waals surface area contributed by atoms with E-state index in [2.05, 4.69) is 40.7 Å². The van der Waals surface area contributed by atoms with Crippen LogP contribution in [0.4, 0.5) is 11.6 Å². The molecule has 5 heteroatoms. The third-order valence-electron chi connectivity index (χ3n) is 3.22. The maximum Gasteiger partial charge on any atom is 0.147 e. The van der Waals surface area contributed by atoms with Gasteiger partial charge in [0.2, 0.25) is 0 Å². The molecule has 0 bridgehead atoms. The lowest BCUT2D eigenvalue weighted by molar-refractivity contribution is 0.993. The molecule has 1 aromatic heterocycles. The zero-order chi connectivity index (χ0) is 15.2. The van der Waals surface area contributed by atoms with Gasteiger partial charge in [0, 0.05) is 13.1 Å². The lowest BCUT2D eigenvalue weighted by atomic mass is 10.1. The Labute approximate surface area is 135 Å². The van der Waals surface area contributed by atoms with Crippen molar-refractivity contribution in [2.75, 3.05) is 23.7 Å². The number of anilines is 2. The van der Waals surface area contributed by atoms with Crippen molar-refractivity contribution < 1.29 is 0 Å². The zero-order valence-corrected chi connectivity index (χ0v) is 13.7. The first kappa shape index (κ1) is 15.9. The Balaban J connectivity index is 2.03. The Morgan fingerprint density at radius 3 is 2.38 bits per heavy atom. The monoisotopic (exact) mass is 323 g/mol. The molecule has 0 unspecified atom stereocenters. The first-order valence-corrected chi connectivity index (χ1v) is 7.75. The van der Waals surface area contributed by atoms with Gasteiger partial charge in [-0.3, -0.25) is 0 Å². The Hall–Kier alpha value is -1.45. The zero-order valence-electron chi connectivity index (χ0n) is 12.2. The fourth-order valence-corrected chi connectivity index (χ4v) is 2.58. The van der Waals surface area contributed by atoms with Crippen molar-refractivity contribution in [2.24, 2.45) is 0 Å². The predicted molar refractivity (Wildman–Crippen MR) is 91.8 cm³/mol. The molecule has 0 spiro atoms. The van der Waals surface area contributed by atoms with Crippen molar-refractivity contribution >= 4 is 34.8 Å². The summed E-state index contributed by atoms with van der Waals surface area (Å²) in [6.07, 6.45) is 0.920. The highest BCUT2D eigenvalue weighted by atomic mass is 35.5. The standard InChI is InChI=1S/C16H19Cl2N3/c1-3-19-15-13(17)10-14(18)16(21-15)20-9-8-12-7-5-4-6-11(12)2/h4-7,10H,3,8-9H2,1-2H3,(H2,19,20,21). The molecule has 1 heterocycles. The smallest absolute Gasteiger partial charge is 0.147 e. The van der Waals surface area contributed by atoms with Crippen molar-refractivity contribution in [1.29, 1.82) is 0 Å². The summed E-state index contributed by atoms with van der Waals surface area (Å²) in [5, 5.41) is 7.46. The summed E-state index contributed by atoms with van der Waals surface area (Å²) < 4.78 is 0. The van der Waals surface area contributed by atoms with E-state index in [-0.39, 0.29) is 0 Å². The van der Waals surface area contributed by atoms with Gasteiger partial charge in [-0.05, 0) is 37.5 Å². The van der Waals surface area contributed by atoms with E-state index in [1.165, 1.54) is 11.1 Å². The van der Waals surface area contributed by atoms with Crippen LogP contribution in [-0.2, 0) is 6.42 Å². The molecular formula is C16H19Cl2N3. The van der Waals surface area contributed by atoms with E-state index in [9.17, 15) is 0 Å².